The second kappa shape index (κ2) is 7.20. The van der Waals surface area contributed by atoms with E-state index in [0.29, 0.717) is 10.9 Å². The maximum absolute atomic E-state index is 14.7. The van der Waals surface area contributed by atoms with Crippen LogP contribution in [0.15, 0.2) is 54.7 Å². The number of fused-ring (bicyclic) bond motifs is 1. The highest BCUT2D eigenvalue weighted by Crippen LogP contribution is 2.40. The highest BCUT2D eigenvalue weighted by atomic mass is 19.1. The van der Waals surface area contributed by atoms with Crippen LogP contribution < -0.4 is 5.73 Å². The Balaban J connectivity index is 2.36. The summed E-state index contributed by atoms with van der Waals surface area (Å²) in [5, 5.41) is 0.702. The Hall–Kier alpha value is -3.19. The number of rotatable bonds is 5. The number of carbonyl (C=O) groups is 2. The summed E-state index contributed by atoms with van der Waals surface area (Å²) < 4.78 is 24.3. The van der Waals surface area contributed by atoms with Gasteiger partial charge in [-0.2, -0.15) is 0 Å². The largest absolute Gasteiger partial charge is 0.467 e. The van der Waals surface area contributed by atoms with Gasteiger partial charge in [-0.1, -0.05) is 36.4 Å². The summed E-state index contributed by atoms with van der Waals surface area (Å²) in [7, 11) is 2.22. The van der Waals surface area contributed by atoms with Gasteiger partial charge in [0.25, 0.3) is 0 Å². The standard InChI is InChI=1S/C20H19FN2O4/c1-26-18(24)20(22,19(25)27-2)17(13-8-3-5-9-15(13)21)14-11-23-16-10-6-4-7-12(14)16/h3-11,17,23H,22H2,1-2H3/t17-/m1/s1. The van der Waals surface area contributed by atoms with E-state index < -0.39 is 29.2 Å². The lowest BCUT2D eigenvalue weighted by molar-refractivity contribution is -0.162. The number of hydrogen-bond donors (Lipinski definition) is 2. The quantitative estimate of drug-likeness (QED) is 0.532. The van der Waals surface area contributed by atoms with Gasteiger partial charge in [-0.05, 0) is 23.3 Å². The van der Waals surface area contributed by atoms with Crippen molar-refractivity contribution in [3.8, 4) is 0 Å². The van der Waals surface area contributed by atoms with Crippen molar-refractivity contribution in [3.63, 3.8) is 0 Å². The normalized spacial score (nSPS) is 12.6. The molecule has 3 N–H and O–H groups in total. The fourth-order valence-corrected chi connectivity index (χ4v) is 3.36. The first-order valence-corrected chi connectivity index (χ1v) is 8.21. The van der Waals surface area contributed by atoms with Crippen molar-refractivity contribution in [1.29, 1.82) is 0 Å². The predicted octanol–water partition coefficient (Wildman–Crippen LogP) is 2.48. The highest BCUT2D eigenvalue weighted by molar-refractivity contribution is 6.07. The molecule has 0 unspecified atom stereocenters. The van der Waals surface area contributed by atoms with E-state index in [1.165, 1.54) is 18.2 Å². The maximum Gasteiger partial charge on any atom is 0.338 e. The van der Waals surface area contributed by atoms with Crippen LogP contribution in [0.3, 0.4) is 0 Å². The molecule has 6 nitrogen and oxygen atoms in total. The fourth-order valence-electron chi connectivity index (χ4n) is 3.36. The van der Waals surface area contributed by atoms with E-state index >= 15 is 0 Å². The lowest BCUT2D eigenvalue weighted by Crippen LogP contribution is -2.60. The minimum absolute atomic E-state index is 0.0838. The van der Waals surface area contributed by atoms with Crippen LogP contribution in [0.5, 0.6) is 0 Å². The average Bonchev–Trinajstić information content (AvgIpc) is 3.12. The number of para-hydroxylation sites is 1. The zero-order valence-corrected chi connectivity index (χ0v) is 14.9. The molecule has 0 radical (unpaired) electrons. The summed E-state index contributed by atoms with van der Waals surface area (Å²) in [5.41, 5.74) is 5.34. The molecule has 0 fully saturated rings. The summed E-state index contributed by atoms with van der Waals surface area (Å²) in [6.07, 6.45) is 1.61. The van der Waals surface area contributed by atoms with Crippen molar-refractivity contribution in [1.82, 2.24) is 4.98 Å². The molecule has 0 saturated carbocycles. The van der Waals surface area contributed by atoms with Crippen molar-refractivity contribution >= 4 is 22.8 Å². The minimum Gasteiger partial charge on any atom is -0.467 e. The van der Waals surface area contributed by atoms with Crippen molar-refractivity contribution < 1.29 is 23.5 Å². The molecule has 140 valence electrons. The van der Waals surface area contributed by atoms with Gasteiger partial charge in [-0.3, -0.25) is 0 Å². The number of nitrogens with two attached hydrogens (primary N) is 1. The van der Waals surface area contributed by atoms with E-state index in [2.05, 4.69) is 4.98 Å². The Morgan fingerprint density at radius 3 is 2.22 bits per heavy atom. The monoisotopic (exact) mass is 370 g/mol. The van der Waals surface area contributed by atoms with Gasteiger partial charge in [-0.25, -0.2) is 14.0 Å². The van der Waals surface area contributed by atoms with Crippen LogP contribution in [0, 0.1) is 5.82 Å². The van der Waals surface area contributed by atoms with Gasteiger partial charge >= 0.3 is 11.9 Å². The van der Waals surface area contributed by atoms with Crippen LogP contribution in [0.25, 0.3) is 10.9 Å². The molecule has 1 aromatic heterocycles. The number of methoxy groups -OCH3 is 2. The number of aromatic amines is 1. The molecule has 0 aliphatic heterocycles. The SMILES string of the molecule is COC(=O)C(N)(C(=O)OC)[C@H](c1ccccc1F)c1c[nH]c2ccccc12. The summed E-state index contributed by atoms with van der Waals surface area (Å²) >= 11 is 0. The van der Waals surface area contributed by atoms with Crippen molar-refractivity contribution in [2.45, 2.75) is 11.5 Å². The van der Waals surface area contributed by atoms with E-state index in [4.69, 9.17) is 15.2 Å². The number of H-pyrrole nitrogens is 1. The van der Waals surface area contributed by atoms with Crippen molar-refractivity contribution in [3.05, 3.63) is 71.7 Å². The van der Waals surface area contributed by atoms with Gasteiger partial charge in [0, 0.05) is 17.1 Å². The molecule has 0 aliphatic rings. The Kier molecular flexibility index (Phi) is 4.96. The second-order valence-corrected chi connectivity index (χ2v) is 6.10. The molecule has 0 bridgehead atoms. The molecule has 0 saturated heterocycles. The van der Waals surface area contributed by atoms with Gasteiger partial charge in [0.2, 0.25) is 5.54 Å². The topological polar surface area (TPSA) is 94.4 Å². The Morgan fingerprint density at radius 2 is 1.59 bits per heavy atom. The predicted molar refractivity (Wildman–Crippen MR) is 97.5 cm³/mol. The number of hydrogen-bond acceptors (Lipinski definition) is 5. The number of nitrogens with one attached hydrogen (secondary N) is 1. The van der Waals surface area contributed by atoms with Crippen molar-refractivity contribution in [2.75, 3.05) is 14.2 Å². The third-order valence-corrected chi connectivity index (χ3v) is 4.65. The number of ether oxygens (including phenoxy) is 2. The Bertz CT molecular complexity index is 982. The summed E-state index contributed by atoms with van der Waals surface area (Å²) in [6.45, 7) is 0. The van der Waals surface area contributed by atoms with E-state index in [9.17, 15) is 14.0 Å². The van der Waals surface area contributed by atoms with Crippen LogP contribution in [0.4, 0.5) is 4.39 Å². The van der Waals surface area contributed by atoms with Gasteiger partial charge in [-0.15, -0.1) is 0 Å². The average molecular weight is 370 g/mol. The zero-order valence-electron chi connectivity index (χ0n) is 14.9. The third kappa shape index (κ3) is 2.96. The summed E-state index contributed by atoms with van der Waals surface area (Å²) in [6, 6.07) is 13.1. The third-order valence-electron chi connectivity index (χ3n) is 4.65. The fraction of sp³-hybridized carbons (Fsp3) is 0.200. The first-order chi connectivity index (χ1) is 12.9. The van der Waals surface area contributed by atoms with Crippen molar-refractivity contribution in [2.24, 2.45) is 5.73 Å². The van der Waals surface area contributed by atoms with Crippen LogP contribution in [0.2, 0.25) is 0 Å². The van der Waals surface area contributed by atoms with Gasteiger partial charge < -0.3 is 20.2 Å². The molecule has 0 amide bonds. The van der Waals surface area contributed by atoms with Gasteiger partial charge in [0.1, 0.15) is 5.82 Å². The molecule has 3 rings (SSSR count). The molecule has 2 aromatic carbocycles. The first-order valence-electron chi connectivity index (χ1n) is 8.21. The molecule has 7 heteroatoms. The number of esters is 2. The Labute approximate surface area is 155 Å². The summed E-state index contributed by atoms with van der Waals surface area (Å²) in [4.78, 5) is 28.3. The maximum atomic E-state index is 14.7. The molecule has 0 spiro atoms. The van der Waals surface area contributed by atoms with E-state index in [-0.39, 0.29) is 5.56 Å². The lowest BCUT2D eigenvalue weighted by Gasteiger charge is -2.32. The number of carbonyl (C=O) groups excluding carboxylic acids is 2. The van der Waals surface area contributed by atoms with Crippen LogP contribution >= 0.6 is 0 Å². The number of benzene rings is 2. The molecular formula is C20H19FN2O4. The molecule has 1 atom stereocenters. The van der Waals surface area contributed by atoms with E-state index in [1.807, 2.05) is 12.1 Å². The molecule has 3 aromatic rings. The minimum atomic E-state index is -2.28. The van der Waals surface area contributed by atoms with Crippen LogP contribution in [0.1, 0.15) is 17.0 Å². The zero-order chi connectivity index (χ0) is 19.6. The molecule has 27 heavy (non-hydrogen) atoms. The van der Waals surface area contributed by atoms with E-state index in [1.54, 1.807) is 24.4 Å². The molecular weight excluding hydrogens is 351 g/mol. The second-order valence-electron chi connectivity index (χ2n) is 6.10. The van der Waals surface area contributed by atoms with E-state index in [0.717, 1.165) is 19.7 Å². The highest BCUT2D eigenvalue weighted by Gasteiger charge is 2.54. The Morgan fingerprint density at radius 1 is 1.00 bits per heavy atom. The number of halogens is 1. The first kappa shape index (κ1) is 18.6. The molecule has 0 aliphatic carbocycles. The van der Waals surface area contributed by atoms with Gasteiger partial charge in [0.05, 0.1) is 20.1 Å². The smallest absolute Gasteiger partial charge is 0.338 e. The van der Waals surface area contributed by atoms with Crippen LogP contribution in [-0.2, 0) is 19.1 Å². The van der Waals surface area contributed by atoms with Crippen LogP contribution in [-0.4, -0.2) is 36.7 Å². The van der Waals surface area contributed by atoms with Gasteiger partial charge in [0.15, 0.2) is 0 Å². The summed E-state index contributed by atoms with van der Waals surface area (Å²) in [5.74, 6) is -3.81. The lowest BCUT2D eigenvalue weighted by atomic mass is 9.75. The number of aromatic nitrogens is 1. The molecule has 1 heterocycles.